The first-order valence-corrected chi connectivity index (χ1v) is 9.47. The molecule has 1 heterocycles. The van der Waals surface area contributed by atoms with Crippen molar-refractivity contribution in [3.8, 4) is 5.75 Å². The number of nitrogens with zero attached hydrogens (tertiary/aromatic N) is 1. The number of anilines is 1. The number of hydrogen-bond acceptors (Lipinski definition) is 6. The quantitative estimate of drug-likeness (QED) is 0.623. The number of primary sulfonamides is 1. The van der Waals surface area contributed by atoms with E-state index in [1.54, 1.807) is 0 Å². The Morgan fingerprint density at radius 3 is 2.62 bits per heavy atom. The maximum atomic E-state index is 11.5. The monoisotopic (exact) mass is 377 g/mol. The number of benzene rings is 2. The fourth-order valence-electron chi connectivity index (χ4n) is 3.08. The van der Waals surface area contributed by atoms with Gasteiger partial charge in [0.05, 0.1) is 15.9 Å². The number of ether oxygens (including phenoxy) is 1. The Morgan fingerprint density at radius 1 is 1.27 bits per heavy atom. The number of fused-ring (bicyclic) bond motifs is 1. The zero-order valence-corrected chi connectivity index (χ0v) is 15.1. The van der Waals surface area contributed by atoms with Gasteiger partial charge in [0.15, 0.2) is 0 Å². The van der Waals surface area contributed by atoms with Gasteiger partial charge in [0.2, 0.25) is 10.0 Å². The van der Waals surface area contributed by atoms with Gasteiger partial charge in [-0.05, 0) is 32.0 Å². The summed E-state index contributed by atoms with van der Waals surface area (Å²) in [7, 11) is -4.03. The summed E-state index contributed by atoms with van der Waals surface area (Å²) in [5, 5.41) is 19.7. The van der Waals surface area contributed by atoms with Crippen LogP contribution in [0.25, 0.3) is 0 Å². The van der Waals surface area contributed by atoms with Crippen LogP contribution in [0, 0.1) is 10.1 Å². The third-order valence-corrected chi connectivity index (χ3v) is 5.11. The van der Waals surface area contributed by atoms with Gasteiger partial charge in [-0.2, -0.15) is 0 Å². The minimum atomic E-state index is -4.03. The molecule has 0 spiro atoms. The topological polar surface area (TPSA) is 125 Å². The molecular weight excluding hydrogens is 358 g/mol. The SMILES string of the molecule is CC1(C)CC(Nc2ccc(S(N)(=O)=O)cc2[N+](=O)[O-])c2ccccc2O1. The van der Waals surface area contributed by atoms with Gasteiger partial charge < -0.3 is 10.1 Å². The summed E-state index contributed by atoms with van der Waals surface area (Å²) >= 11 is 0. The molecule has 0 saturated carbocycles. The average Bonchev–Trinajstić information content (AvgIpc) is 2.53. The smallest absolute Gasteiger partial charge is 0.293 e. The molecule has 1 aliphatic rings. The van der Waals surface area contributed by atoms with Crippen molar-refractivity contribution >= 4 is 21.4 Å². The van der Waals surface area contributed by atoms with E-state index in [4.69, 9.17) is 9.88 Å². The number of nitro groups is 1. The highest BCUT2D eigenvalue weighted by Gasteiger charge is 2.34. The summed E-state index contributed by atoms with van der Waals surface area (Å²) < 4.78 is 28.9. The molecule has 9 heteroatoms. The maximum Gasteiger partial charge on any atom is 0.293 e. The Labute approximate surface area is 151 Å². The van der Waals surface area contributed by atoms with Gasteiger partial charge in [0.25, 0.3) is 5.69 Å². The predicted octanol–water partition coefficient (Wildman–Crippen LogP) is 2.96. The molecule has 2 aromatic carbocycles. The molecule has 138 valence electrons. The highest BCUT2D eigenvalue weighted by molar-refractivity contribution is 7.89. The van der Waals surface area contributed by atoms with E-state index < -0.39 is 20.5 Å². The molecule has 3 rings (SSSR count). The standard InChI is InChI=1S/C17H19N3O5S/c1-17(2)10-14(12-5-3-4-6-16(12)25-17)19-13-8-7-11(26(18,23)24)9-15(13)20(21)22/h3-9,14,19H,10H2,1-2H3,(H2,18,23,24). The second-order valence-corrected chi connectivity index (χ2v) is 8.34. The molecule has 0 radical (unpaired) electrons. The molecule has 0 amide bonds. The predicted molar refractivity (Wildman–Crippen MR) is 96.6 cm³/mol. The van der Waals surface area contributed by atoms with Crippen molar-refractivity contribution in [2.24, 2.45) is 5.14 Å². The molecule has 2 aromatic rings. The first-order chi connectivity index (χ1) is 12.1. The second kappa shape index (κ2) is 6.26. The normalized spacial score (nSPS) is 18.5. The minimum Gasteiger partial charge on any atom is -0.487 e. The van der Waals surface area contributed by atoms with E-state index in [2.05, 4.69) is 5.32 Å². The molecule has 0 fully saturated rings. The summed E-state index contributed by atoms with van der Waals surface area (Å²) in [6.07, 6.45) is 0.581. The van der Waals surface area contributed by atoms with Gasteiger partial charge in [-0.1, -0.05) is 18.2 Å². The highest BCUT2D eigenvalue weighted by Crippen LogP contribution is 2.42. The molecule has 1 unspecified atom stereocenters. The van der Waals surface area contributed by atoms with Crippen molar-refractivity contribution < 1.29 is 18.1 Å². The fourth-order valence-corrected chi connectivity index (χ4v) is 3.61. The maximum absolute atomic E-state index is 11.5. The zero-order chi connectivity index (χ0) is 19.1. The van der Waals surface area contributed by atoms with Crippen LogP contribution in [0.1, 0.15) is 31.9 Å². The average molecular weight is 377 g/mol. The molecule has 0 bridgehead atoms. The molecule has 0 saturated heterocycles. The van der Waals surface area contributed by atoms with E-state index in [1.165, 1.54) is 12.1 Å². The Hall–Kier alpha value is -2.65. The summed E-state index contributed by atoms with van der Waals surface area (Å²) in [6, 6.07) is 10.8. The van der Waals surface area contributed by atoms with Crippen LogP contribution in [0.5, 0.6) is 5.75 Å². The lowest BCUT2D eigenvalue weighted by Gasteiger charge is -2.38. The lowest BCUT2D eigenvalue weighted by atomic mass is 9.89. The number of nitro benzene ring substituents is 1. The lowest BCUT2D eigenvalue weighted by Crippen LogP contribution is -2.37. The number of nitrogens with one attached hydrogen (secondary N) is 1. The van der Waals surface area contributed by atoms with Crippen LogP contribution in [0.2, 0.25) is 0 Å². The number of hydrogen-bond donors (Lipinski definition) is 2. The molecule has 0 aliphatic carbocycles. The van der Waals surface area contributed by atoms with Crippen molar-refractivity contribution in [2.45, 2.75) is 36.8 Å². The molecule has 1 aliphatic heterocycles. The van der Waals surface area contributed by atoms with Crippen molar-refractivity contribution in [3.63, 3.8) is 0 Å². The Balaban J connectivity index is 2.02. The molecule has 0 aromatic heterocycles. The van der Waals surface area contributed by atoms with Gasteiger partial charge in [-0.3, -0.25) is 10.1 Å². The van der Waals surface area contributed by atoms with Crippen LogP contribution in [0.15, 0.2) is 47.4 Å². The van der Waals surface area contributed by atoms with Crippen LogP contribution in [0.3, 0.4) is 0 Å². The van der Waals surface area contributed by atoms with E-state index in [1.807, 2.05) is 38.1 Å². The molecule has 26 heavy (non-hydrogen) atoms. The van der Waals surface area contributed by atoms with Gasteiger partial charge in [0.1, 0.15) is 17.0 Å². The van der Waals surface area contributed by atoms with Gasteiger partial charge in [-0.25, -0.2) is 13.6 Å². The van der Waals surface area contributed by atoms with E-state index in [-0.39, 0.29) is 22.3 Å². The van der Waals surface area contributed by atoms with Crippen LogP contribution in [0.4, 0.5) is 11.4 Å². The van der Waals surface area contributed by atoms with E-state index >= 15 is 0 Å². The number of nitrogens with two attached hydrogens (primary N) is 1. The summed E-state index contributed by atoms with van der Waals surface area (Å²) in [6.45, 7) is 3.88. The largest absolute Gasteiger partial charge is 0.487 e. The molecule has 8 nitrogen and oxygen atoms in total. The Kier molecular flexibility index (Phi) is 4.37. The second-order valence-electron chi connectivity index (χ2n) is 6.78. The number of para-hydroxylation sites is 1. The minimum absolute atomic E-state index is 0.222. The zero-order valence-electron chi connectivity index (χ0n) is 14.3. The first-order valence-electron chi connectivity index (χ1n) is 7.92. The third kappa shape index (κ3) is 3.63. The molecular formula is C17H19N3O5S. The number of rotatable bonds is 4. The summed E-state index contributed by atoms with van der Waals surface area (Å²) in [4.78, 5) is 10.5. The highest BCUT2D eigenvalue weighted by atomic mass is 32.2. The third-order valence-electron chi connectivity index (χ3n) is 4.20. The van der Waals surface area contributed by atoms with Crippen LogP contribution in [-0.2, 0) is 10.0 Å². The van der Waals surface area contributed by atoms with Crippen LogP contribution in [-0.4, -0.2) is 18.9 Å². The molecule has 1 atom stereocenters. The van der Waals surface area contributed by atoms with E-state index in [9.17, 15) is 18.5 Å². The van der Waals surface area contributed by atoms with Crippen molar-refractivity contribution in [3.05, 3.63) is 58.1 Å². The van der Waals surface area contributed by atoms with Crippen LogP contribution >= 0.6 is 0 Å². The van der Waals surface area contributed by atoms with Gasteiger partial charge in [0, 0.05) is 18.1 Å². The van der Waals surface area contributed by atoms with Gasteiger partial charge in [-0.15, -0.1) is 0 Å². The fraction of sp³-hybridized carbons (Fsp3) is 0.294. The summed E-state index contributed by atoms with van der Waals surface area (Å²) in [5.74, 6) is 0.713. The van der Waals surface area contributed by atoms with Gasteiger partial charge >= 0.3 is 0 Å². The Bertz CT molecular complexity index is 972. The van der Waals surface area contributed by atoms with E-state index in [0.717, 1.165) is 11.6 Å². The van der Waals surface area contributed by atoms with Crippen LogP contribution < -0.4 is 15.2 Å². The number of sulfonamides is 1. The van der Waals surface area contributed by atoms with Crippen molar-refractivity contribution in [1.82, 2.24) is 0 Å². The lowest BCUT2D eigenvalue weighted by molar-refractivity contribution is -0.384. The van der Waals surface area contributed by atoms with Crippen molar-refractivity contribution in [1.29, 1.82) is 0 Å². The summed E-state index contributed by atoms with van der Waals surface area (Å²) in [5.41, 5.74) is 0.302. The first kappa shape index (κ1) is 18.2. The van der Waals surface area contributed by atoms with Crippen molar-refractivity contribution in [2.75, 3.05) is 5.32 Å². The Morgan fingerprint density at radius 2 is 1.96 bits per heavy atom. The van der Waals surface area contributed by atoms with E-state index in [0.29, 0.717) is 12.2 Å². The molecule has 3 N–H and O–H groups in total.